The van der Waals surface area contributed by atoms with Gasteiger partial charge in [0.05, 0.1) is 12.5 Å². The Morgan fingerprint density at radius 3 is 2.61 bits per heavy atom. The van der Waals surface area contributed by atoms with Gasteiger partial charge in [-0.2, -0.15) is 0 Å². The first-order valence-electron chi connectivity index (χ1n) is 10.1. The van der Waals surface area contributed by atoms with Crippen LogP contribution in [0.2, 0.25) is 0 Å². The molecule has 2 heterocycles. The van der Waals surface area contributed by atoms with Gasteiger partial charge in [-0.25, -0.2) is 0 Å². The lowest BCUT2D eigenvalue weighted by Gasteiger charge is -2.36. The molecule has 1 aromatic heterocycles. The van der Waals surface area contributed by atoms with Crippen LogP contribution in [0.4, 0.5) is 0 Å². The quantitative estimate of drug-likeness (QED) is 0.482. The van der Waals surface area contributed by atoms with Gasteiger partial charge < -0.3 is 20.1 Å². The largest absolute Gasteiger partial charge is 0.352 e. The van der Waals surface area contributed by atoms with Crippen LogP contribution < -0.4 is 10.6 Å². The normalized spacial score (nSPS) is 13.6. The smallest absolute Gasteiger partial charge is 0.240 e. The number of likely N-dealkylation sites (tertiary alicyclic amines) is 1. The van der Waals surface area contributed by atoms with E-state index in [2.05, 4.69) is 26.6 Å². The molecule has 1 saturated heterocycles. The van der Waals surface area contributed by atoms with Gasteiger partial charge in [0.15, 0.2) is 0 Å². The molecule has 0 spiro atoms. The zero-order valence-electron chi connectivity index (χ0n) is 16.9. The molecule has 0 saturated carbocycles. The highest BCUT2D eigenvalue weighted by molar-refractivity contribution is 9.10. The van der Waals surface area contributed by atoms with E-state index in [0.29, 0.717) is 19.6 Å². The molecule has 0 unspecified atom stereocenters. The Morgan fingerprint density at radius 1 is 1.10 bits per heavy atom. The van der Waals surface area contributed by atoms with E-state index in [9.17, 15) is 14.4 Å². The number of hydrogen-bond donors (Lipinski definition) is 2. The molecule has 2 aromatic carbocycles. The first kappa shape index (κ1) is 21.1. The van der Waals surface area contributed by atoms with Crippen molar-refractivity contribution in [2.24, 2.45) is 0 Å². The first-order valence-corrected chi connectivity index (χ1v) is 10.9. The minimum Gasteiger partial charge on any atom is -0.352 e. The minimum atomic E-state index is -0.115. The van der Waals surface area contributed by atoms with Crippen LogP contribution in [0.25, 0.3) is 10.9 Å². The molecule has 3 aromatic rings. The van der Waals surface area contributed by atoms with Crippen LogP contribution in [0.3, 0.4) is 0 Å². The monoisotopic (exact) mass is 482 g/mol. The third-order valence-corrected chi connectivity index (χ3v) is 5.84. The van der Waals surface area contributed by atoms with E-state index >= 15 is 0 Å². The number of hydrogen-bond acceptors (Lipinski definition) is 3. The van der Waals surface area contributed by atoms with Crippen molar-refractivity contribution in [3.05, 3.63) is 70.3 Å². The summed E-state index contributed by atoms with van der Waals surface area (Å²) in [5.74, 6) is -0.189. The zero-order chi connectivity index (χ0) is 21.8. The number of amides is 3. The third-order valence-electron chi connectivity index (χ3n) is 5.35. The first-order chi connectivity index (χ1) is 15.0. The second-order valence-electron chi connectivity index (χ2n) is 7.71. The van der Waals surface area contributed by atoms with E-state index in [1.165, 1.54) is 0 Å². The summed E-state index contributed by atoms with van der Waals surface area (Å²) in [4.78, 5) is 37.3. The Labute approximate surface area is 188 Å². The summed E-state index contributed by atoms with van der Waals surface area (Å²) in [6.45, 7) is 1.72. The lowest BCUT2D eigenvalue weighted by molar-refractivity contribution is -0.128. The van der Waals surface area contributed by atoms with Crippen LogP contribution in [-0.2, 0) is 33.9 Å². The third kappa shape index (κ3) is 5.14. The van der Waals surface area contributed by atoms with Crippen LogP contribution in [0, 0.1) is 0 Å². The van der Waals surface area contributed by atoms with Crippen LogP contribution in [0.15, 0.2) is 59.2 Å². The molecule has 0 aliphatic carbocycles. The molecule has 7 nitrogen and oxygen atoms in total. The van der Waals surface area contributed by atoms with E-state index in [1.807, 2.05) is 59.3 Å². The van der Waals surface area contributed by atoms with Crippen LogP contribution in [0.1, 0.15) is 11.1 Å². The van der Waals surface area contributed by atoms with Gasteiger partial charge in [0.2, 0.25) is 18.2 Å². The molecule has 1 aliphatic rings. The number of carbonyl (C=O) groups is 3. The summed E-state index contributed by atoms with van der Waals surface area (Å²) >= 11 is 3.49. The highest BCUT2D eigenvalue weighted by atomic mass is 79.9. The number of nitrogens with one attached hydrogen (secondary N) is 2. The number of benzene rings is 2. The van der Waals surface area contributed by atoms with Crippen molar-refractivity contribution in [2.75, 3.05) is 13.1 Å². The molecule has 8 heteroatoms. The molecule has 31 heavy (non-hydrogen) atoms. The van der Waals surface area contributed by atoms with Crippen LogP contribution in [-0.4, -0.2) is 46.8 Å². The topological polar surface area (TPSA) is 83.4 Å². The predicted octanol–water partition coefficient (Wildman–Crippen LogP) is 2.22. The summed E-state index contributed by atoms with van der Waals surface area (Å²) in [5, 5.41) is 6.84. The predicted molar refractivity (Wildman–Crippen MR) is 121 cm³/mol. The van der Waals surface area contributed by atoms with E-state index in [4.69, 9.17) is 0 Å². The number of nitrogens with zero attached hydrogens (tertiary/aromatic N) is 2. The van der Waals surface area contributed by atoms with Crippen molar-refractivity contribution in [3.8, 4) is 0 Å². The Hall–Kier alpha value is -3.13. The molecular formula is C23H23BrN4O3. The lowest BCUT2D eigenvalue weighted by atomic mass is 10.1. The summed E-state index contributed by atoms with van der Waals surface area (Å²) < 4.78 is 2.78. The maximum absolute atomic E-state index is 12.6. The standard InChI is InChI=1S/C23H23BrN4O3/c24-18-6-7-21-20(9-18)17(8-22(30)25-10-16-4-2-1-3-5-16)11-28(21)14-23(31)26-19-12-27(13-19)15-29/h1-7,9,11,15,19H,8,10,12-14H2,(H,25,30)(H,26,31). The zero-order valence-corrected chi connectivity index (χ0v) is 18.5. The Balaban J connectivity index is 1.44. The molecule has 4 rings (SSSR count). The van der Waals surface area contributed by atoms with Gasteiger partial charge >= 0.3 is 0 Å². The summed E-state index contributed by atoms with van der Waals surface area (Å²) in [5.41, 5.74) is 2.81. The SMILES string of the molecule is O=CN1CC(NC(=O)Cn2cc(CC(=O)NCc3ccccc3)c3cc(Br)ccc32)C1. The highest BCUT2D eigenvalue weighted by Crippen LogP contribution is 2.26. The molecule has 0 bridgehead atoms. The molecule has 2 N–H and O–H groups in total. The van der Waals surface area contributed by atoms with E-state index in [-0.39, 0.29) is 30.8 Å². The van der Waals surface area contributed by atoms with Gasteiger partial charge in [0.1, 0.15) is 6.54 Å². The average Bonchev–Trinajstić information content (AvgIpc) is 3.05. The van der Waals surface area contributed by atoms with Crippen molar-refractivity contribution in [1.29, 1.82) is 0 Å². The maximum atomic E-state index is 12.6. The van der Waals surface area contributed by atoms with Crippen molar-refractivity contribution in [2.45, 2.75) is 25.6 Å². The van der Waals surface area contributed by atoms with Crippen molar-refractivity contribution in [1.82, 2.24) is 20.1 Å². The molecule has 3 amide bonds. The molecule has 160 valence electrons. The number of fused-ring (bicyclic) bond motifs is 1. The maximum Gasteiger partial charge on any atom is 0.240 e. The number of aromatic nitrogens is 1. The Kier molecular flexibility index (Phi) is 6.36. The number of carbonyl (C=O) groups excluding carboxylic acids is 3. The van der Waals surface area contributed by atoms with E-state index < -0.39 is 0 Å². The second kappa shape index (κ2) is 9.34. The van der Waals surface area contributed by atoms with Gasteiger partial charge in [-0.05, 0) is 29.3 Å². The van der Waals surface area contributed by atoms with Crippen molar-refractivity contribution >= 4 is 45.1 Å². The fraction of sp³-hybridized carbons (Fsp3) is 0.261. The molecule has 1 fully saturated rings. The fourth-order valence-corrected chi connectivity index (χ4v) is 4.13. The molecule has 1 aliphatic heterocycles. The Morgan fingerprint density at radius 2 is 1.87 bits per heavy atom. The van der Waals surface area contributed by atoms with Gasteiger partial charge in [-0.1, -0.05) is 46.3 Å². The van der Waals surface area contributed by atoms with Crippen LogP contribution in [0.5, 0.6) is 0 Å². The summed E-state index contributed by atoms with van der Waals surface area (Å²) in [6, 6.07) is 15.6. The van der Waals surface area contributed by atoms with Crippen molar-refractivity contribution < 1.29 is 14.4 Å². The minimum absolute atomic E-state index is 0.00287. The Bertz CT molecular complexity index is 1110. The fourth-order valence-electron chi connectivity index (χ4n) is 3.76. The van der Waals surface area contributed by atoms with Gasteiger partial charge in [-0.3, -0.25) is 14.4 Å². The molecule has 0 atom stereocenters. The second-order valence-corrected chi connectivity index (χ2v) is 8.62. The average molecular weight is 483 g/mol. The number of halogens is 1. The summed E-state index contributed by atoms with van der Waals surface area (Å²) in [6.07, 6.45) is 2.89. The van der Waals surface area contributed by atoms with Gasteiger partial charge in [0, 0.05) is 41.2 Å². The number of rotatable bonds is 8. The van der Waals surface area contributed by atoms with Gasteiger partial charge in [0.25, 0.3) is 0 Å². The lowest BCUT2D eigenvalue weighted by Crippen LogP contribution is -2.58. The summed E-state index contributed by atoms with van der Waals surface area (Å²) in [7, 11) is 0. The molecule has 0 radical (unpaired) electrons. The van der Waals surface area contributed by atoms with E-state index in [0.717, 1.165) is 32.9 Å². The molecular weight excluding hydrogens is 460 g/mol. The van der Waals surface area contributed by atoms with Gasteiger partial charge in [-0.15, -0.1) is 0 Å². The van der Waals surface area contributed by atoms with Crippen molar-refractivity contribution in [3.63, 3.8) is 0 Å². The van der Waals surface area contributed by atoms with Crippen LogP contribution >= 0.6 is 15.9 Å². The van der Waals surface area contributed by atoms with E-state index in [1.54, 1.807) is 4.90 Å². The highest BCUT2D eigenvalue weighted by Gasteiger charge is 2.26.